The molecule has 2 aliphatic heterocycles. The number of amides is 1. The highest BCUT2D eigenvalue weighted by Gasteiger charge is 2.34. The van der Waals surface area contributed by atoms with Gasteiger partial charge in [-0.25, -0.2) is 4.98 Å². The predicted octanol–water partition coefficient (Wildman–Crippen LogP) is 5.07. The molecule has 0 atom stereocenters. The summed E-state index contributed by atoms with van der Waals surface area (Å²) in [6, 6.07) is 14.4. The van der Waals surface area contributed by atoms with Gasteiger partial charge in [0.25, 0.3) is 11.5 Å². The van der Waals surface area contributed by atoms with Crippen molar-refractivity contribution >= 4 is 51.7 Å². The standard InChI is InChI=1S/C28H30N4O2S2/c1-18(2)32-27(34)23(36-28(32)35)16-22-25(29-24-10-9-19(3)17-31(24)26(22)33)30-13-11-21(12-14-30)15-20-7-5-4-6-8-20/h4-10,16-18,21H,11-15H2,1-3H3. The summed E-state index contributed by atoms with van der Waals surface area (Å²) in [5.74, 6) is 1.09. The van der Waals surface area contributed by atoms with Crippen LogP contribution in [0.15, 0.2) is 58.4 Å². The van der Waals surface area contributed by atoms with Gasteiger partial charge < -0.3 is 4.90 Å². The molecule has 0 N–H and O–H groups in total. The molecular weight excluding hydrogens is 488 g/mol. The smallest absolute Gasteiger partial charge is 0.267 e. The fourth-order valence-corrected chi connectivity index (χ4v) is 6.47. The van der Waals surface area contributed by atoms with E-state index < -0.39 is 0 Å². The Morgan fingerprint density at radius 2 is 1.83 bits per heavy atom. The topological polar surface area (TPSA) is 57.9 Å². The number of rotatable bonds is 5. The van der Waals surface area contributed by atoms with E-state index in [9.17, 15) is 9.59 Å². The lowest BCUT2D eigenvalue weighted by Gasteiger charge is -2.33. The number of pyridine rings is 1. The predicted molar refractivity (Wildman–Crippen MR) is 151 cm³/mol. The minimum Gasteiger partial charge on any atom is -0.356 e. The zero-order valence-corrected chi connectivity index (χ0v) is 22.4. The summed E-state index contributed by atoms with van der Waals surface area (Å²) in [6.45, 7) is 7.46. The fourth-order valence-electron chi connectivity index (χ4n) is 4.97. The van der Waals surface area contributed by atoms with Crippen molar-refractivity contribution in [2.75, 3.05) is 18.0 Å². The van der Waals surface area contributed by atoms with Gasteiger partial charge in [-0.15, -0.1) is 0 Å². The number of fused-ring (bicyclic) bond motifs is 1. The Hall–Kier alpha value is -2.97. The van der Waals surface area contributed by atoms with Crippen LogP contribution in [0.3, 0.4) is 0 Å². The molecule has 36 heavy (non-hydrogen) atoms. The minimum absolute atomic E-state index is 0.0370. The molecule has 8 heteroatoms. The Morgan fingerprint density at radius 1 is 1.11 bits per heavy atom. The number of nitrogens with zero attached hydrogens (tertiary/aromatic N) is 4. The maximum atomic E-state index is 13.7. The van der Waals surface area contributed by atoms with Crippen molar-refractivity contribution in [3.05, 3.63) is 80.6 Å². The van der Waals surface area contributed by atoms with Crippen molar-refractivity contribution in [1.82, 2.24) is 14.3 Å². The fraction of sp³-hybridized carbons (Fsp3) is 0.357. The molecule has 0 unspecified atom stereocenters. The Balaban J connectivity index is 1.50. The van der Waals surface area contributed by atoms with Crippen molar-refractivity contribution in [3.8, 4) is 0 Å². The van der Waals surface area contributed by atoms with Gasteiger partial charge in [0.2, 0.25) is 0 Å². The van der Waals surface area contributed by atoms with Crippen LogP contribution in [-0.2, 0) is 11.2 Å². The summed E-state index contributed by atoms with van der Waals surface area (Å²) in [4.78, 5) is 36.0. The summed E-state index contributed by atoms with van der Waals surface area (Å²) in [5.41, 5.74) is 3.22. The lowest BCUT2D eigenvalue weighted by Crippen LogP contribution is -2.37. The maximum absolute atomic E-state index is 13.7. The van der Waals surface area contributed by atoms with E-state index in [1.807, 2.05) is 39.0 Å². The van der Waals surface area contributed by atoms with Gasteiger partial charge in [-0.2, -0.15) is 0 Å². The summed E-state index contributed by atoms with van der Waals surface area (Å²) < 4.78 is 2.10. The summed E-state index contributed by atoms with van der Waals surface area (Å²) in [5, 5.41) is 0. The zero-order valence-electron chi connectivity index (χ0n) is 20.8. The molecular formula is C28H30N4O2S2. The molecule has 2 fully saturated rings. The maximum Gasteiger partial charge on any atom is 0.267 e. The first kappa shape index (κ1) is 24.7. The Morgan fingerprint density at radius 3 is 2.50 bits per heavy atom. The molecule has 0 aliphatic carbocycles. The average molecular weight is 519 g/mol. The lowest BCUT2D eigenvalue weighted by atomic mass is 9.90. The summed E-state index contributed by atoms with van der Waals surface area (Å²) >= 11 is 6.71. The third-order valence-electron chi connectivity index (χ3n) is 6.88. The van der Waals surface area contributed by atoms with Crippen molar-refractivity contribution in [1.29, 1.82) is 0 Å². The molecule has 0 bridgehead atoms. The quantitative estimate of drug-likeness (QED) is 0.347. The van der Waals surface area contributed by atoms with E-state index in [1.165, 1.54) is 17.3 Å². The highest BCUT2D eigenvalue weighted by molar-refractivity contribution is 8.26. The molecule has 0 spiro atoms. The minimum atomic E-state index is -0.167. The van der Waals surface area contributed by atoms with Gasteiger partial charge in [-0.05, 0) is 69.2 Å². The number of piperidine rings is 1. The zero-order chi connectivity index (χ0) is 25.4. The molecule has 5 rings (SSSR count). The third kappa shape index (κ3) is 4.84. The average Bonchev–Trinajstić information content (AvgIpc) is 3.15. The van der Waals surface area contributed by atoms with Crippen molar-refractivity contribution in [3.63, 3.8) is 0 Å². The van der Waals surface area contributed by atoms with Crippen LogP contribution in [0.25, 0.3) is 11.7 Å². The SMILES string of the molecule is Cc1ccc2nc(N3CCC(Cc4ccccc4)CC3)c(C=C3SC(=S)N(C(C)C)C3=O)c(=O)n2c1. The van der Waals surface area contributed by atoms with Gasteiger partial charge in [0, 0.05) is 25.3 Å². The summed E-state index contributed by atoms with van der Waals surface area (Å²) in [6.07, 6.45) is 6.62. The summed E-state index contributed by atoms with van der Waals surface area (Å²) in [7, 11) is 0. The van der Waals surface area contributed by atoms with Gasteiger partial charge in [0.1, 0.15) is 15.8 Å². The molecule has 0 saturated carbocycles. The van der Waals surface area contributed by atoms with E-state index in [4.69, 9.17) is 17.2 Å². The first-order valence-corrected chi connectivity index (χ1v) is 13.6. The Kier molecular flexibility index (Phi) is 6.99. The molecule has 2 saturated heterocycles. The second kappa shape index (κ2) is 10.2. The molecule has 1 aromatic carbocycles. The highest BCUT2D eigenvalue weighted by atomic mass is 32.2. The Bertz CT molecular complexity index is 1410. The number of carbonyl (C=O) groups excluding carboxylic acids is 1. The molecule has 1 amide bonds. The first-order valence-electron chi connectivity index (χ1n) is 12.4. The highest BCUT2D eigenvalue weighted by Crippen LogP contribution is 2.35. The van der Waals surface area contributed by atoms with Crippen LogP contribution >= 0.6 is 24.0 Å². The van der Waals surface area contributed by atoms with Crippen LogP contribution < -0.4 is 10.5 Å². The van der Waals surface area contributed by atoms with E-state index >= 15 is 0 Å². The van der Waals surface area contributed by atoms with Crippen molar-refractivity contribution < 1.29 is 4.79 Å². The van der Waals surface area contributed by atoms with Gasteiger partial charge in [-0.1, -0.05) is 60.4 Å². The van der Waals surface area contributed by atoms with E-state index in [-0.39, 0.29) is 17.5 Å². The molecule has 0 radical (unpaired) electrons. The number of aryl methyl sites for hydroxylation is 1. The van der Waals surface area contributed by atoms with Crippen LogP contribution in [0.2, 0.25) is 0 Å². The van der Waals surface area contributed by atoms with Crippen LogP contribution in [0.5, 0.6) is 0 Å². The number of benzene rings is 1. The number of thioether (sulfide) groups is 1. The number of thiocarbonyl (C=S) groups is 1. The van der Waals surface area contributed by atoms with Crippen molar-refractivity contribution in [2.45, 2.75) is 46.1 Å². The largest absolute Gasteiger partial charge is 0.356 e. The van der Waals surface area contributed by atoms with Crippen LogP contribution in [-0.4, -0.2) is 43.6 Å². The van der Waals surface area contributed by atoms with Crippen molar-refractivity contribution in [2.24, 2.45) is 5.92 Å². The van der Waals surface area contributed by atoms with E-state index in [0.29, 0.717) is 32.2 Å². The molecule has 186 valence electrons. The van der Waals surface area contributed by atoms with Gasteiger partial charge in [0.15, 0.2) is 0 Å². The van der Waals surface area contributed by atoms with Gasteiger partial charge in [-0.3, -0.25) is 18.9 Å². The van der Waals surface area contributed by atoms with E-state index in [2.05, 4.69) is 29.2 Å². The molecule has 4 heterocycles. The molecule has 2 aromatic heterocycles. The molecule has 2 aliphatic rings. The number of hydrogen-bond acceptors (Lipinski definition) is 6. The van der Waals surface area contributed by atoms with E-state index in [0.717, 1.165) is 37.9 Å². The first-order chi connectivity index (χ1) is 17.3. The van der Waals surface area contributed by atoms with Crippen LogP contribution in [0.4, 0.5) is 5.82 Å². The van der Waals surface area contributed by atoms with Crippen LogP contribution in [0.1, 0.15) is 43.4 Å². The second-order valence-electron chi connectivity index (χ2n) is 9.85. The number of anilines is 1. The molecule has 6 nitrogen and oxygen atoms in total. The van der Waals surface area contributed by atoms with E-state index in [1.54, 1.807) is 21.6 Å². The monoisotopic (exact) mass is 518 g/mol. The second-order valence-corrected chi connectivity index (χ2v) is 11.5. The third-order valence-corrected chi connectivity index (χ3v) is 8.21. The number of aromatic nitrogens is 2. The van der Waals surface area contributed by atoms with Gasteiger partial charge in [0.05, 0.1) is 10.5 Å². The van der Waals surface area contributed by atoms with Crippen LogP contribution in [0, 0.1) is 12.8 Å². The normalized spacial score (nSPS) is 18.3. The Labute approximate surface area is 221 Å². The number of carbonyl (C=O) groups is 1. The number of hydrogen-bond donors (Lipinski definition) is 0. The molecule has 3 aromatic rings. The van der Waals surface area contributed by atoms with Gasteiger partial charge >= 0.3 is 0 Å². The lowest BCUT2D eigenvalue weighted by molar-refractivity contribution is -0.123.